The highest BCUT2D eigenvalue weighted by atomic mass is 35.5. The molecule has 3 aromatic heterocycles. The summed E-state index contributed by atoms with van der Waals surface area (Å²) in [7, 11) is -1.32. The molecule has 0 aliphatic carbocycles. The molecule has 0 bridgehead atoms. The zero-order valence-electron chi connectivity index (χ0n) is 23.5. The second kappa shape index (κ2) is 12.1. The Balaban J connectivity index is 1.04. The number of benzene rings is 2. The summed E-state index contributed by atoms with van der Waals surface area (Å²) in [5, 5.41) is 4.03. The Morgan fingerprint density at radius 2 is 1.91 bits per heavy atom. The number of aromatic amines is 1. The van der Waals surface area contributed by atoms with Crippen LogP contribution in [0.2, 0.25) is 11.1 Å². The van der Waals surface area contributed by atoms with Crippen molar-refractivity contribution in [3.63, 3.8) is 0 Å². The van der Waals surface area contributed by atoms with E-state index in [0.717, 1.165) is 67.5 Å². The Bertz CT molecular complexity index is 1870. The molecule has 2 saturated heterocycles. The molecule has 44 heavy (non-hydrogen) atoms. The van der Waals surface area contributed by atoms with Crippen LogP contribution in [0.3, 0.4) is 0 Å². The number of H-pyrrole nitrogens is 1. The van der Waals surface area contributed by atoms with Crippen LogP contribution in [-0.2, 0) is 23.7 Å². The Hall–Kier alpha value is -4.11. The predicted octanol–water partition coefficient (Wildman–Crippen LogP) is 3.90. The van der Waals surface area contributed by atoms with E-state index in [9.17, 15) is 13.6 Å². The van der Waals surface area contributed by atoms with Crippen LogP contribution >= 0.6 is 11.6 Å². The van der Waals surface area contributed by atoms with E-state index in [2.05, 4.69) is 34.0 Å². The van der Waals surface area contributed by atoms with Gasteiger partial charge in [0.2, 0.25) is 5.82 Å². The maximum Gasteiger partial charge on any atom is 0.439 e. The molecule has 2 aliphatic rings. The van der Waals surface area contributed by atoms with Crippen LogP contribution in [0.5, 0.6) is 5.75 Å². The van der Waals surface area contributed by atoms with E-state index >= 15 is 0 Å². The van der Waals surface area contributed by atoms with E-state index in [1.807, 2.05) is 0 Å². The number of nitrogens with zero attached hydrogens (tertiary/aromatic N) is 6. The molecule has 5 aromatic rings. The van der Waals surface area contributed by atoms with Crippen molar-refractivity contribution in [2.24, 2.45) is 0 Å². The third kappa shape index (κ3) is 5.97. The largest absolute Gasteiger partial charge is 0.486 e. The first-order valence-corrected chi connectivity index (χ1v) is 16.7. The number of fused-ring (bicyclic) bond motifs is 1. The number of hydrogen-bond acceptors (Lipinski definition) is 9. The summed E-state index contributed by atoms with van der Waals surface area (Å²) >= 11 is 5.83. The minimum Gasteiger partial charge on any atom is -0.486 e. The van der Waals surface area contributed by atoms with Gasteiger partial charge in [-0.1, -0.05) is 22.8 Å². The summed E-state index contributed by atoms with van der Waals surface area (Å²) in [6.45, 7) is 4.34. The quantitative estimate of drug-likeness (QED) is 0.240. The van der Waals surface area contributed by atoms with Crippen molar-refractivity contribution < 1.29 is 22.5 Å². The number of rotatable bonds is 9. The number of aromatic nitrogens is 5. The zero-order valence-corrected chi connectivity index (χ0v) is 25.4. The van der Waals surface area contributed by atoms with Gasteiger partial charge in [0.05, 0.1) is 23.8 Å². The Morgan fingerprint density at radius 1 is 1.07 bits per heavy atom. The van der Waals surface area contributed by atoms with Gasteiger partial charge in [0, 0.05) is 61.3 Å². The highest BCUT2D eigenvalue weighted by Gasteiger charge is 2.26. The first-order chi connectivity index (χ1) is 21.4. The van der Waals surface area contributed by atoms with Crippen molar-refractivity contribution in [1.29, 1.82) is 0 Å². The van der Waals surface area contributed by atoms with Gasteiger partial charge in [0.1, 0.15) is 23.9 Å². The highest BCUT2D eigenvalue weighted by Crippen LogP contribution is 2.28. The molecule has 2 fully saturated rings. The summed E-state index contributed by atoms with van der Waals surface area (Å²) in [6.07, 6.45) is 2.57. The van der Waals surface area contributed by atoms with Gasteiger partial charge in [0.15, 0.2) is 20.6 Å². The third-order valence-corrected chi connectivity index (χ3v) is 10.6. The molecular weight excluding hydrogens is 612 g/mol. The summed E-state index contributed by atoms with van der Waals surface area (Å²) in [5.74, 6) is -0.393. The van der Waals surface area contributed by atoms with Crippen molar-refractivity contribution in [3.05, 3.63) is 87.3 Å². The van der Waals surface area contributed by atoms with Gasteiger partial charge in [-0.25, -0.2) is 18.6 Å². The average molecular weight is 640 g/mol. The molecule has 1 N–H and O–H groups in total. The van der Waals surface area contributed by atoms with Crippen molar-refractivity contribution in [1.82, 2.24) is 29.6 Å². The number of halogens is 3. The second-order valence-corrected chi connectivity index (χ2v) is 13.8. The van der Waals surface area contributed by atoms with Gasteiger partial charge >= 0.3 is 5.76 Å². The highest BCUT2D eigenvalue weighted by molar-refractivity contribution is 6.53. The lowest BCUT2D eigenvalue weighted by atomic mass is 10.2. The van der Waals surface area contributed by atoms with Crippen LogP contribution < -0.4 is 15.4 Å². The molecule has 0 saturated carbocycles. The summed E-state index contributed by atoms with van der Waals surface area (Å²) in [5.41, 5.74) is 3.28. The van der Waals surface area contributed by atoms with E-state index in [1.54, 1.807) is 30.5 Å². The molecule has 228 valence electrons. The lowest BCUT2D eigenvalue weighted by Crippen LogP contribution is -2.46. The van der Waals surface area contributed by atoms with E-state index in [-0.39, 0.29) is 23.2 Å². The first-order valence-electron chi connectivity index (χ1n) is 14.3. The lowest BCUT2D eigenvalue weighted by Gasteiger charge is -2.36. The molecular formula is C29H28ClF2N7O4Si. The number of piperazine rings is 1. The molecule has 0 amide bonds. The summed E-state index contributed by atoms with van der Waals surface area (Å²) in [4.78, 5) is 27.9. The van der Waals surface area contributed by atoms with E-state index in [1.165, 1.54) is 18.2 Å². The Kier molecular flexibility index (Phi) is 7.89. The van der Waals surface area contributed by atoms with E-state index < -0.39 is 26.4 Å². The fourth-order valence-electron chi connectivity index (χ4n) is 5.46. The van der Waals surface area contributed by atoms with Crippen LogP contribution in [0, 0.1) is 11.6 Å². The van der Waals surface area contributed by atoms with Crippen LogP contribution in [0.25, 0.3) is 22.6 Å². The van der Waals surface area contributed by atoms with Gasteiger partial charge in [-0.2, -0.15) is 0 Å². The van der Waals surface area contributed by atoms with Crippen molar-refractivity contribution >= 4 is 37.4 Å². The molecule has 0 spiro atoms. The lowest BCUT2D eigenvalue weighted by molar-refractivity contribution is 0.239. The molecule has 1 atom stereocenters. The predicted molar refractivity (Wildman–Crippen MR) is 161 cm³/mol. The number of ether oxygens (including phenoxy) is 1. The van der Waals surface area contributed by atoms with Crippen LogP contribution in [0.15, 0.2) is 58.0 Å². The number of imidazole rings is 1. The average Bonchev–Trinajstić information content (AvgIpc) is 3.58. The summed E-state index contributed by atoms with van der Waals surface area (Å²) in [6, 6.07) is 12.0. The zero-order chi connectivity index (χ0) is 30.2. The fourth-order valence-corrected chi connectivity index (χ4v) is 7.29. The topological polar surface area (TPSA) is 115 Å². The fraction of sp³-hybridized carbons (Fsp3) is 0.310. The standard InChI is InChI=1S/C29H28ClF2N7O4Si/c30-19-2-1-18(22(32)11-19)16-41-26-12-20(3-4-21(26)31)38-7-5-37(6-8-38)15-27-34-23-13-24(28-35-29(40)43-36-28)33-14-25(23)39(27)17-44-10-9-42-44/h1-4,11-14,44H,5-10,15-17H2,(H,35,36,40)/t44-/m0/s1. The number of nitrogens with one attached hydrogen (secondary N) is 1. The monoisotopic (exact) mass is 639 g/mol. The Labute approximate surface area is 256 Å². The van der Waals surface area contributed by atoms with Crippen LogP contribution in [-0.4, -0.2) is 71.4 Å². The maximum absolute atomic E-state index is 14.6. The molecule has 15 heteroatoms. The minimum atomic E-state index is -1.32. The van der Waals surface area contributed by atoms with Crippen molar-refractivity contribution in [2.45, 2.75) is 25.4 Å². The smallest absolute Gasteiger partial charge is 0.439 e. The Morgan fingerprint density at radius 3 is 2.64 bits per heavy atom. The van der Waals surface area contributed by atoms with E-state index in [4.69, 9.17) is 25.7 Å². The number of anilines is 1. The minimum absolute atomic E-state index is 0.0676. The molecule has 2 aliphatic heterocycles. The van der Waals surface area contributed by atoms with Gasteiger partial charge in [-0.3, -0.25) is 19.4 Å². The second-order valence-electron chi connectivity index (χ2n) is 10.8. The maximum atomic E-state index is 14.6. The number of pyridine rings is 1. The first kappa shape index (κ1) is 28.6. The van der Waals surface area contributed by atoms with Crippen LogP contribution in [0.4, 0.5) is 14.5 Å². The van der Waals surface area contributed by atoms with Gasteiger partial charge in [0.25, 0.3) is 0 Å². The van der Waals surface area contributed by atoms with Crippen LogP contribution in [0.1, 0.15) is 11.4 Å². The summed E-state index contributed by atoms with van der Waals surface area (Å²) < 4.78 is 47.1. The van der Waals surface area contributed by atoms with Gasteiger partial charge < -0.3 is 18.6 Å². The molecule has 0 radical (unpaired) electrons. The molecule has 7 rings (SSSR count). The molecule has 11 nitrogen and oxygen atoms in total. The normalized spacial score (nSPS) is 17.2. The van der Waals surface area contributed by atoms with Crippen molar-refractivity contribution in [2.75, 3.05) is 37.7 Å². The molecule has 5 heterocycles. The SMILES string of the molecule is O=c1[nH]c(-c2cc3nc(CN4CCN(c5ccc(F)c(OCc6ccc(Cl)cc6F)c5)CC4)n(C[Si@@H]4CCO4)c3cn2)no1. The number of hydrogen-bond donors (Lipinski definition) is 1. The van der Waals surface area contributed by atoms with E-state index in [0.29, 0.717) is 17.8 Å². The molecule has 2 aromatic carbocycles. The van der Waals surface area contributed by atoms with Gasteiger partial charge in [-0.15, -0.1) is 0 Å². The van der Waals surface area contributed by atoms with Crippen molar-refractivity contribution in [3.8, 4) is 17.3 Å². The van der Waals surface area contributed by atoms with Gasteiger partial charge in [-0.05, 0) is 36.4 Å². The molecule has 0 unspecified atom stereocenters. The third-order valence-electron chi connectivity index (χ3n) is 7.99.